The Hall–Kier alpha value is -1.28. The first-order valence-corrected chi connectivity index (χ1v) is 21.3. The van der Waals surface area contributed by atoms with Gasteiger partial charge < -0.3 is 28.8 Å². The predicted octanol–water partition coefficient (Wildman–Crippen LogP) is 9.72. The maximum Gasteiger partial charge on any atom is 0.268 e. The molecule has 2 N–H and O–H groups in total. The number of hydrogen-bond acceptors (Lipinski definition) is 6. The first-order valence-electron chi connectivity index (χ1n) is 19.9. The van der Waals surface area contributed by atoms with Crippen LogP contribution in [0.2, 0.25) is 0 Å². The van der Waals surface area contributed by atoms with E-state index in [1.807, 2.05) is 27.2 Å². The van der Waals surface area contributed by atoms with Crippen LogP contribution in [-0.2, 0) is 18.4 Å². The summed E-state index contributed by atoms with van der Waals surface area (Å²) in [4.78, 5) is 24.8. The summed E-state index contributed by atoms with van der Waals surface area (Å²) in [6.45, 7) is 4.47. The molecule has 0 heterocycles. The number of amides is 1. The SMILES string of the molecule is CCCCCCCCCCCCCCC/C=C/CC/C=C/CC/C=C/C(O)C(COP(=O)([O-])OCC[N+](C)(C)C)NC(=O)CCCCCC. The van der Waals surface area contributed by atoms with Crippen LogP contribution >= 0.6 is 7.82 Å². The molecule has 0 aliphatic heterocycles. The number of unbranched alkanes of at least 4 members (excludes halogenated alkanes) is 18. The zero-order valence-corrected chi connectivity index (χ0v) is 33.3. The van der Waals surface area contributed by atoms with E-state index in [-0.39, 0.29) is 12.5 Å². The Morgan fingerprint density at radius 3 is 1.65 bits per heavy atom. The number of aliphatic hydroxyl groups is 1. The molecule has 288 valence electrons. The minimum atomic E-state index is -4.58. The number of nitrogens with one attached hydrogen (secondary N) is 1. The second kappa shape index (κ2) is 32.6. The van der Waals surface area contributed by atoms with E-state index in [1.54, 1.807) is 6.08 Å². The third kappa shape index (κ3) is 34.9. The molecule has 0 aromatic heterocycles. The maximum absolute atomic E-state index is 12.5. The fraction of sp³-hybridized carbons (Fsp3) is 0.825. The minimum absolute atomic E-state index is 0.00942. The highest BCUT2D eigenvalue weighted by molar-refractivity contribution is 7.45. The van der Waals surface area contributed by atoms with E-state index in [0.717, 1.165) is 51.4 Å². The lowest BCUT2D eigenvalue weighted by Gasteiger charge is -2.29. The van der Waals surface area contributed by atoms with Crippen molar-refractivity contribution < 1.29 is 32.9 Å². The number of carbonyl (C=O) groups is 1. The normalized spacial score (nSPS) is 15.0. The molecule has 49 heavy (non-hydrogen) atoms. The number of likely N-dealkylation sites (N-methyl/N-ethyl adjacent to an activating group) is 1. The average Bonchev–Trinajstić information content (AvgIpc) is 3.04. The van der Waals surface area contributed by atoms with Gasteiger partial charge in [-0.25, -0.2) is 0 Å². The van der Waals surface area contributed by atoms with Crippen LogP contribution in [0.1, 0.15) is 162 Å². The second-order valence-electron chi connectivity index (χ2n) is 14.6. The van der Waals surface area contributed by atoms with Crippen LogP contribution in [-0.4, -0.2) is 68.5 Å². The molecule has 0 aromatic carbocycles. The minimum Gasteiger partial charge on any atom is -0.756 e. The van der Waals surface area contributed by atoms with Crippen LogP contribution in [0, 0.1) is 0 Å². The molecule has 0 spiro atoms. The van der Waals surface area contributed by atoms with Crippen LogP contribution in [0.3, 0.4) is 0 Å². The van der Waals surface area contributed by atoms with E-state index in [9.17, 15) is 19.4 Å². The summed E-state index contributed by atoms with van der Waals surface area (Å²) in [6, 6.07) is -0.902. The van der Waals surface area contributed by atoms with Crippen molar-refractivity contribution in [3.63, 3.8) is 0 Å². The molecule has 0 radical (unpaired) electrons. The molecule has 0 saturated heterocycles. The van der Waals surface area contributed by atoms with Crippen LogP contribution in [0.25, 0.3) is 0 Å². The van der Waals surface area contributed by atoms with Gasteiger partial charge in [-0.15, -0.1) is 0 Å². The first-order chi connectivity index (χ1) is 23.5. The summed E-state index contributed by atoms with van der Waals surface area (Å²) in [5.74, 6) is -0.231. The smallest absolute Gasteiger partial charge is 0.268 e. The summed E-state index contributed by atoms with van der Waals surface area (Å²) in [5.41, 5.74) is 0. The van der Waals surface area contributed by atoms with Crippen molar-refractivity contribution in [3.05, 3.63) is 36.5 Å². The highest BCUT2D eigenvalue weighted by atomic mass is 31.2. The largest absolute Gasteiger partial charge is 0.756 e. The molecule has 0 aliphatic rings. The van der Waals surface area contributed by atoms with Gasteiger partial charge in [0.2, 0.25) is 5.91 Å². The Balaban J connectivity index is 4.25. The van der Waals surface area contributed by atoms with Crippen molar-refractivity contribution in [2.24, 2.45) is 0 Å². The van der Waals surface area contributed by atoms with E-state index in [2.05, 4.69) is 43.5 Å². The van der Waals surface area contributed by atoms with Gasteiger partial charge in [0.25, 0.3) is 7.82 Å². The lowest BCUT2D eigenvalue weighted by atomic mass is 10.0. The van der Waals surface area contributed by atoms with Crippen molar-refractivity contribution in [2.75, 3.05) is 40.9 Å². The van der Waals surface area contributed by atoms with Crippen LogP contribution in [0.15, 0.2) is 36.5 Å². The molecule has 9 heteroatoms. The molecular weight excluding hydrogens is 635 g/mol. The van der Waals surface area contributed by atoms with Crippen molar-refractivity contribution >= 4 is 13.7 Å². The highest BCUT2D eigenvalue weighted by Gasteiger charge is 2.23. The van der Waals surface area contributed by atoms with Crippen LogP contribution in [0.5, 0.6) is 0 Å². The Kier molecular flexibility index (Phi) is 31.8. The molecule has 8 nitrogen and oxygen atoms in total. The zero-order chi connectivity index (χ0) is 36.5. The molecule has 0 aromatic rings. The number of hydrogen-bond donors (Lipinski definition) is 2. The van der Waals surface area contributed by atoms with Gasteiger partial charge >= 0.3 is 0 Å². The molecule has 1 amide bonds. The summed E-state index contributed by atoms with van der Waals surface area (Å²) in [7, 11) is 1.23. The van der Waals surface area contributed by atoms with Crippen molar-refractivity contribution in [3.8, 4) is 0 Å². The number of carbonyl (C=O) groups excluding carboxylic acids is 1. The third-order valence-corrected chi connectivity index (χ3v) is 9.54. The number of allylic oxidation sites excluding steroid dienone is 5. The second-order valence-corrected chi connectivity index (χ2v) is 16.0. The average molecular weight is 713 g/mol. The fourth-order valence-corrected chi connectivity index (χ4v) is 6.08. The highest BCUT2D eigenvalue weighted by Crippen LogP contribution is 2.38. The van der Waals surface area contributed by atoms with Gasteiger partial charge in [-0.3, -0.25) is 9.36 Å². The number of phosphoric ester groups is 1. The number of rotatable bonds is 35. The van der Waals surface area contributed by atoms with Crippen LogP contribution < -0.4 is 10.2 Å². The molecule has 0 aliphatic carbocycles. The van der Waals surface area contributed by atoms with Gasteiger partial charge in [-0.2, -0.15) is 0 Å². The monoisotopic (exact) mass is 713 g/mol. The Morgan fingerprint density at radius 2 is 1.14 bits per heavy atom. The fourth-order valence-electron chi connectivity index (χ4n) is 5.36. The molecule has 0 fully saturated rings. The predicted molar refractivity (Wildman–Crippen MR) is 205 cm³/mol. The van der Waals surface area contributed by atoms with Crippen molar-refractivity contribution in [1.82, 2.24) is 5.32 Å². The summed E-state index contributed by atoms with van der Waals surface area (Å²) in [6.07, 6.45) is 38.3. The van der Waals surface area contributed by atoms with Crippen molar-refractivity contribution in [2.45, 2.75) is 174 Å². The molecule has 3 unspecified atom stereocenters. The van der Waals surface area contributed by atoms with Gasteiger partial charge in [-0.05, 0) is 44.9 Å². The molecular formula is C40H77N2O6P. The van der Waals surface area contributed by atoms with Gasteiger partial charge in [0.1, 0.15) is 13.2 Å². The number of quaternary nitrogens is 1. The topological polar surface area (TPSA) is 108 Å². The first kappa shape index (κ1) is 47.7. The lowest BCUT2D eigenvalue weighted by molar-refractivity contribution is -0.870. The van der Waals surface area contributed by atoms with E-state index >= 15 is 0 Å². The molecule has 0 rings (SSSR count). The van der Waals surface area contributed by atoms with Gasteiger partial charge in [0.15, 0.2) is 0 Å². The van der Waals surface area contributed by atoms with Gasteiger partial charge in [-0.1, -0.05) is 147 Å². The third-order valence-electron chi connectivity index (χ3n) is 8.58. The molecule has 3 atom stereocenters. The van der Waals surface area contributed by atoms with Crippen LogP contribution in [0.4, 0.5) is 0 Å². The Morgan fingerprint density at radius 1 is 0.694 bits per heavy atom. The number of nitrogens with zero attached hydrogens (tertiary/aromatic N) is 1. The van der Waals surface area contributed by atoms with E-state index in [0.29, 0.717) is 17.4 Å². The zero-order valence-electron chi connectivity index (χ0n) is 32.4. The van der Waals surface area contributed by atoms with E-state index < -0.39 is 26.6 Å². The Bertz CT molecular complexity index is 902. The molecule has 0 saturated carbocycles. The van der Waals surface area contributed by atoms with Crippen molar-refractivity contribution in [1.29, 1.82) is 0 Å². The maximum atomic E-state index is 12.5. The Labute approximate surface area is 302 Å². The summed E-state index contributed by atoms with van der Waals surface area (Å²) >= 11 is 0. The summed E-state index contributed by atoms with van der Waals surface area (Å²) in [5, 5.41) is 13.5. The van der Waals surface area contributed by atoms with E-state index in [1.165, 1.54) is 89.9 Å². The number of phosphoric acid groups is 1. The van der Waals surface area contributed by atoms with E-state index in [4.69, 9.17) is 9.05 Å². The summed E-state index contributed by atoms with van der Waals surface area (Å²) < 4.78 is 22.9. The quantitative estimate of drug-likeness (QED) is 0.0293. The standard InChI is InChI=1S/C40H77N2O6P/c1-6-8-10-12-13-14-15-16-17-18-19-20-21-22-23-24-25-26-27-28-29-30-31-33-39(43)38(41-40(44)34-32-11-9-7-2)37-48-49(45,46)47-36-35-42(3,4)5/h23-24,27-28,31,33,38-39,43H,6-22,25-26,29-30,32,34-37H2,1-5H3,(H-,41,44,45,46)/b24-23+,28-27+,33-31+. The number of aliphatic hydroxyl groups excluding tert-OH is 1. The van der Waals surface area contributed by atoms with Gasteiger partial charge in [0, 0.05) is 6.42 Å². The van der Waals surface area contributed by atoms with Gasteiger partial charge in [0.05, 0.1) is 39.9 Å². The molecule has 0 bridgehead atoms. The lowest BCUT2D eigenvalue weighted by Crippen LogP contribution is -2.45.